The van der Waals surface area contributed by atoms with Crippen LogP contribution < -0.4 is 4.74 Å². The largest absolute Gasteiger partial charge is 0.496 e. The Hall–Kier alpha value is -1.39. The summed E-state index contributed by atoms with van der Waals surface area (Å²) in [6.07, 6.45) is 0.363. The highest BCUT2D eigenvalue weighted by Crippen LogP contribution is 2.31. The third kappa shape index (κ3) is 1.94. The Bertz CT molecular complexity index is 394. The van der Waals surface area contributed by atoms with Gasteiger partial charge < -0.3 is 14.2 Å². The first-order valence-corrected chi connectivity index (χ1v) is 5.13. The summed E-state index contributed by atoms with van der Waals surface area (Å²) in [5.41, 5.74) is 2.24. The number of methoxy groups -OCH3 is 1. The molecule has 4 nitrogen and oxygen atoms in total. The van der Waals surface area contributed by atoms with Crippen molar-refractivity contribution < 1.29 is 19.0 Å². The van der Waals surface area contributed by atoms with Crippen LogP contribution in [0.3, 0.4) is 0 Å². The van der Waals surface area contributed by atoms with Crippen LogP contribution in [-0.4, -0.2) is 26.6 Å². The van der Waals surface area contributed by atoms with Gasteiger partial charge in [-0.2, -0.15) is 0 Å². The van der Waals surface area contributed by atoms with Crippen molar-refractivity contribution in [3.05, 3.63) is 28.8 Å². The first kappa shape index (κ1) is 11.1. The zero-order valence-corrected chi connectivity index (χ0v) is 9.36. The second kappa shape index (κ2) is 4.63. The van der Waals surface area contributed by atoms with E-state index in [0.29, 0.717) is 18.8 Å². The van der Waals surface area contributed by atoms with Crippen molar-refractivity contribution in [1.29, 1.82) is 0 Å². The van der Waals surface area contributed by atoms with Crippen molar-refractivity contribution in [2.45, 2.75) is 13.2 Å². The molecule has 1 aromatic rings. The van der Waals surface area contributed by atoms with E-state index in [9.17, 15) is 4.79 Å². The van der Waals surface area contributed by atoms with E-state index in [1.807, 2.05) is 6.92 Å². The Labute approximate surface area is 94.1 Å². The molecule has 1 heterocycles. The maximum absolute atomic E-state index is 11.0. The lowest BCUT2D eigenvalue weighted by Crippen LogP contribution is -2.04. The Morgan fingerprint density at radius 2 is 2.06 bits per heavy atom. The summed E-state index contributed by atoms with van der Waals surface area (Å²) in [5.74, 6) is 0.736. The molecule has 0 bridgehead atoms. The molecule has 0 N–H and O–H groups in total. The fraction of sp³-hybridized carbons (Fsp3) is 0.417. The van der Waals surface area contributed by atoms with Crippen molar-refractivity contribution in [2.24, 2.45) is 0 Å². The molecule has 1 aliphatic heterocycles. The van der Waals surface area contributed by atoms with Crippen LogP contribution in [0.4, 0.5) is 0 Å². The Balaban J connectivity index is 2.44. The van der Waals surface area contributed by atoms with E-state index in [0.717, 1.165) is 23.2 Å². The lowest BCUT2D eigenvalue weighted by atomic mass is 10.0. The van der Waals surface area contributed by atoms with Crippen molar-refractivity contribution in [3.8, 4) is 5.75 Å². The highest BCUT2D eigenvalue weighted by Gasteiger charge is 2.22. The van der Waals surface area contributed by atoms with Crippen LogP contribution in [0.1, 0.15) is 27.8 Å². The average Bonchev–Trinajstić information content (AvgIpc) is 2.82. The van der Waals surface area contributed by atoms with Gasteiger partial charge in [0.1, 0.15) is 5.75 Å². The first-order chi connectivity index (χ1) is 7.76. The smallest absolute Gasteiger partial charge is 0.184 e. The number of carbonyl (C=O) groups is 1. The predicted octanol–water partition coefficient (Wildman–Crippen LogP) is 1.86. The molecule has 1 aromatic carbocycles. The van der Waals surface area contributed by atoms with Crippen LogP contribution in [0.5, 0.6) is 5.75 Å². The van der Waals surface area contributed by atoms with Crippen LogP contribution in [-0.2, 0) is 9.47 Å². The van der Waals surface area contributed by atoms with E-state index in [-0.39, 0.29) is 0 Å². The third-order valence-electron chi connectivity index (χ3n) is 2.60. The molecule has 0 aromatic heterocycles. The zero-order valence-electron chi connectivity index (χ0n) is 9.36. The summed E-state index contributed by atoms with van der Waals surface area (Å²) in [6.45, 7) is 3.00. The van der Waals surface area contributed by atoms with Gasteiger partial charge in [0.2, 0.25) is 0 Å². The average molecular weight is 222 g/mol. The molecule has 1 saturated heterocycles. The van der Waals surface area contributed by atoms with Gasteiger partial charge >= 0.3 is 0 Å². The summed E-state index contributed by atoms with van der Waals surface area (Å²) >= 11 is 0. The predicted molar refractivity (Wildman–Crippen MR) is 57.8 cm³/mol. The van der Waals surface area contributed by atoms with Crippen LogP contribution >= 0.6 is 0 Å². The summed E-state index contributed by atoms with van der Waals surface area (Å²) < 4.78 is 16.0. The Morgan fingerprint density at radius 3 is 2.62 bits per heavy atom. The van der Waals surface area contributed by atoms with Crippen LogP contribution in [0.15, 0.2) is 12.1 Å². The fourth-order valence-electron chi connectivity index (χ4n) is 1.79. The van der Waals surface area contributed by atoms with Crippen LogP contribution in [0.2, 0.25) is 0 Å². The van der Waals surface area contributed by atoms with Crippen molar-refractivity contribution in [2.75, 3.05) is 20.3 Å². The van der Waals surface area contributed by atoms with E-state index in [2.05, 4.69) is 0 Å². The molecule has 2 rings (SSSR count). The quantitative estimate of drug-likeness (QED) is 0.732. The monoisotopic (exact) mass is 222 g/mol. The maximum atomic E-state index is 11.0. The van der Waals surface area contributed by atoms with Gasteiger partial charge in [-0.3, -0.25) is 4.79 Å². The lowest BCUT2D eigenvalue weighted by Gasteiger charge is -2.14. The Kier molecular flexibility index (Phi) is 3.22. The molecule has 0 aliphatic carbocycles. The van der Waals surface area contributed by atoms with E-state index in [1.165, 1.54) is 0 Å². The van der Waals surface area contributed by atoms with E-state index in [1.54, 1.807) is 19.2 Å². The molecule has 0 radical (unpaired) electrons. The molecule has 1 aliphatic rings. The van der Waals surface area contributed by atoms with Gasteiger partial charge in [-0.1, -0.05) is 0 Å². The van der Waals surface area contributed by atoms with Crippen molar-refractivity contribution in [1.82, 2.24) is 0 Å². The highest BCUT2D eigenvalue weighted by atomic mass is 16.7. The molecule has 0 unspecified atom stereocenters. The van der Waals surface area contributed by atoms with Crippen molar-refractivity contribution >= 4 is 6.29 Å². The third-order valence-corrected chi connectivity index (χ3v) is 2.60. The summed E-state index contributed by atoms with van der Waals surface area (Å²) in [6, 6.07) is 3.58. The van der Waals surface area contributed by atoms with Crippen molar-refractivity contribution in [3.63, 3.8) is 0 Å². The summed E-state index contributed by atoms with van der Waals surface area (Å²) in [7, 11) is 1.60. The minimum Gasteiger partial charge on any atom is -0.496 e. The highest BCUT2D eigenvalue weighted by molar-refractivity contribution is 5.78. The maximum Gasteiger partial charge on any atom is 0.184 e. The normalized spacial score (nSPS) is 16.4. The molecule has 1 fully saturated rings. The standard InChI is InChI=1S/C12H14O4/c1-8-5-9(7-13)10(6-11(8)14-2)12-15-3-4-16-12/h5-7,12H,3-4H2,1-2H3. The SMILES string of the molecule is COc1cc(C2OCCO2)c(C=O)cc1C. The molecule has 0 atom stereocenters. The molecular formula is C12H14O4. The number of aldehydes is 1. The van der Waals surface area contributed by atoms with Gasteiger partial charge in [0, 0.05) is 11.1 Å². The number of aryl methyl sites for hydroxylation is 1. The lowest BCUT2D eigenvalue weighted by molar-refractivity contribution is -0.0445. The second-order valence-corrected chi connectivity index (χ2v) is 3.64. The van der Waals surface area contributed by atoms with Gasteiger partial charge in [-0.25, -0.2) is 0 Å². The van der Waals surface area contributed by atoms with Gasteiger partial charge in [-0.05, 0) is 24.6 Å². The molecular weight excluding hydrogens is 208 g/mol. The summed E-state index contributed by atoms with van der Waals surface area (Å²) in [4.78, 5) is 11.0. The van der Waals surface area contributed by atoms with E-state index in [4.69, 9.17) is 14.2 Å². The van der Waals surface area contributed by atoms with Gasteiger partial charge in [0.05, 0.1) is 20.3 Å². The topological polar surface area (TPSA) is 44.8 Å². The number of carbonyl (C=O) groups excluding carboxylic acids is 1. The zero-order chi connectivity index (χ0) is 11.5. The van der Waals surface area contributed by atoms with Gasteiger partial charge in [0.25, 0.3) is 0 Å². The summed E-state index contributed by atoms with van der Waals surface area (Å²) in [5, 5.41) is 0. The number of benzene rings is 1. The number of hydrogen-bond acceptors (Lipinski definition) is 4. The van der Waals surface area contributed by atoms with Crippen LogP contribution in [0.25, 0.3) is 0 Å². The van der Waals surface area contributed by atoms with Gasteiger partial charge in [0.15, 0.2) is 12.6 Å². The molecule has 16 heavy (non-hydrogen) atoms. The molecule has 0 saturated carbocycles. The molecule has 0 amide bonds. The van der Waals surface area contributed by atoms with E-state index < -0.39 is 6.29 Å². The minimum absolute atomic E-state index is 0.449. The van der Waals surface area contributed by atoms with E-state index >= 15 is 0 Å². The molecule has 4 heteroatoms. The fourth-order valence-corrected chi connectivity index (χ4v) is 1.79. The number of hydrogen-bond donors (Lipinski definition) is 0. The number of ether oxygens (including phenoxy) is 3. The minimum atomic E-state index is -0.449. The molecule has 0 spiro atoms. The van der Waals surface area contributed by atoms with Gasteiger partial charge in [-0.15, -0.1) is 0 Å². The second-order valence-electron chi connectivity index (χ2n) is 3.64. The Morgan fingerprint density at radius 1 is 1.38 bits per heavy atom. The first-order valence-electron chi connectivity index (χ1n) is 5.13. The van der Waals surface area contributed by atoms with Crippen LogP contribution in [0, 0.1) is 6.92 Å². The molecule has 86 valence electrons. The number of rotatable bonds is 3.